The third-order valence-electron chi connectivity index (χ3n) is 3.29. The molecule has 0 saturated carbocycles. The van der Waals surface area contributed by atoms with Crippen LogP contribution in [0, 0.1) is 0 Å². The zero-order valence-corrected chi connectivity index (χ0v) is 14.0. The highest BCUT2D eigenvalue weighted by Crippen LogP contribution is 2.37. The van der Waals surface area contributed by atoms with Crippen LogP contribution in [0.3, 0.4) is 0 Å². The summed E-state index contributed by atoms with van der Waals surface area (Å²) in [5.41, 5.74) is 0.821. The number of hydrogen-bond acceptors (Lipinski definition) is 3. The van der Waals surface area contributed by atoms with E-state index in [-0.39, 0.29) is 15.8 Å². The Hall–Kier alpha value is -2.36. The highest BCUT2D eigenvalue weighted by molar-refractivity contribution is 6.35. The van der Waals surface area contributed by atoms with Gasteiger partial charge in [-0.1, -0.05) is 71.7 Å². The first-order chi connectivity index (χ1) is 11.6. The zero-order valence-electron chi connectivity index (χ0n) is 12.5. The van der Waals surface area contributed by atoms with Crippen LogP contribution in [-0.4, -0.2) is 5.11 Å². The van der Waals surface area contributed by atoms with Crippen LogP contribution in [0.4, 0.5) is 0 Å². The number of aromatic hydroxyl groups is 1. The molecule has 0 aromatic heterocycles. The summed E-state index contributed by atoms with van der Waals surface area (Å²) in [4.78, 5) is 0. The van der Waals surface area contributed by atoms with Crippen molar-refractivity contribution in [3.8, 4) is 17.2 Å². The summed E-state index contributed by atoms with van der Waals surface area (Å²) in [6.07, 6.45) is -0.716. The third kappa shape index (κ3) is 3.94. The summed E-state index contributed by atoms with van der Waals surface area (Å²) < 4.78 is 11.9. The maximum Gasteiger partial charge on any atom is 0.267 e. The first-order valence-electron chi connectivity index (χ1n) is 7.25. The number of para-hydroxylation sites is 1. The summed E-state index contributed by atoms with van der Waals surface area (Å²) in [6, 6.07) is 21.6. The SMILES string of the molecule is Oc1cc(Cl)c(OC(Oc2ccccc2)c2ccccc2)cc1Cl. The molecule has 1 unspecified atom stereocenters. The van der Waals surface area contributed by atoms with E-state index in [0.29, 0.717) is 11.5 Å². The van der Waals surface area contributed by atoms with Crippen LogP contribution < -0.4 is 9.47 Å². The molecule has 0 aliphatic heterocycles. The van der Waals surface area contributed by atoms with Gasteiger partial charge in [0.15, 0.2) is 0 Å². The van der Waals surface area contributed by atoms with Crippen LogP contribution >= 0.6 is 23.2 Å². The number of benzene rings is 3. The van der Waals surface area contributed by atoms with Crippen molar-refractivity contribution >= 4 is 23.2 Å². The average molecular weight is 361 g/mol. The van der Waals surface area contributed by atoms with Gasteiger partial charge in [0.2, 0.25) is 0 Å². The molecule has 24 heavy (non-hydrogen) atoms. The summed E-state index contributed by atoms with van der Waals surface area (Å²) in [7, 11) is 0. The van der Waals surface area contributed by atoms with Crippen LogP contribution in [-0.2, 0) is 0 Å². The van der Waals surface area contributed by atoms with Gasteiger partial charge in [0.1, 0.15) is 17.2 Å². The van der Waals surface area contributed by atoms with E-state index in [1.165, 1.54) is 12.1 Å². The first kappa shape index (κ1) is 16.5. The van der Waals surface area contributed by atoms with E-state index in [1.807, 2.05) is 60.7 Å². The Kier molecular flexibility index (Phi) is 5.14. The predicted molar refractivity (Wildman–Crippen MR) is 95.0 cm³/mol. The van der Waals surface area contributed by atoms with Crippen molar-refractivity contribution in [2.24, 2.45) is 0 Å². The summed E-state index contributed by atoms with van der Waals surface area (Å²) in [6.45, 7) is 0. The van der Waals surface area contributed by atoms with Gasteiger partial charge in [-0.2, -0.15) is 0 Å². The highest BCUT2D eigenvalue weighted by atomic mass is 35.5. The fraction of sp³-hybridized carbons (Fsp3) is 0.0526. The molecule has 0 saturated heterocycles. The average Bonchev–Trinajstić information content (AvgIpc) is 2.60. The minimum absolute atomic E-state index is 0.103. The van der Waals surface area contributed by atoms with Gasteiger partial charge in [-0.3, -0.25) is 0 Å². The summed E-state index contributed by atoms with van der Waals surface area (Å²) >= 11 is 12.1. The molecular formula is C19H14Cl2O3. The second-order valence-electron chi connectivity index (χ2n) is 5.03. The van der Waals surface area contributed by atoms with Crippen molar-refractivity contribution in [3.05, 3.63) is 88.4 Å². The third-order valence-corrected chi connectivity index (χ3v) is 3.89. The molecule has 5 heteroatoms. The van der Waals surface area contributed by atoms with Crippen LogP contribution in [0.2, 0.25) is 10.0 Å². The van der Waals surface area contributed by atoms with E-state index in [1.54, 1.807) is 0 Å². The number of halogens is 2. The van der Waals surface area contributed by atoms with Gasteiger partial charge < -0.3 is 14.6 Å². The number of hydrogen-bond donors (Lipinski definition) is 1. The summed E-state index contributed by atoms with van der Waals surface area (Å²) in [5.74, 6) is 0.880. The van der Waals surface area contributed by atoms with Gasteiger partial charge in [0.05, 0.1) is 10.0 Å². The largest absolute Gasteiger partial charge is 0.506 e. The van der Waals surface area contributed by atoms with Crippen LogP contribution in [0.25, 0.3) is 0 Å². The Labute approximate surface area is 150 Å². The monoisotopic (exact) mass is 360 g/mol. The fourth-order valence-electron chi connectivity index (χ4n) is 2.12. The predicted octanol–water partition coefficient (Wildman–Crippen LogP) is 5.86. The standard InChI is InChI=1S/C19H14Cl2O3/c20-15-12-18(16(21)11-17(15)22)24-19(13-7-3-1-4-8-13)23-14-9-5-2-6-10-14/h1-12,19,22H. The van der Waals surface area contributed by atoms with E-state index in [4.69, 9.17) is 32.7 Å². The van der Waals surface area contributed by atoms with E-state index < -0.39 is 6.29 Å². The molecule has 0 heterocycles. The Balaban J connectivity index is 1.92. The molecule has 0 radical (unpaired) electrons. The van der Waals surface area contributed by atoms with Crippen molar-refractivity contribution in [2.45, 2.75) is 6.29 Å². The molecule has 0 bridgehead atoms. The van der Waals surface area contributed by atoms with Gasteiger partial charge in [0.25, 0.3) is 6.29 Å². The number of phenols is 1. The lowest BCUT2D eigenvalue weighted by atomic mass is 10.2. The Bertz CT molecular complexity index is 808. The molecule has 3 nitrogen and oxygen atoms in total. The maximum atomic E-state index is 9.61. The lowest BCUT2D eigenvalue weighted by molar-refractivity contribution is 0.00386. The van der Waals surface area contributed by atoms with Crippen LogP contribution in [0.5, 0.6) is 17.2 Å². The molecular weight excluding hydrogens is 347 g/mol. The second kappa shape index (κ2) is 7.47. The lowest BCUT2D eigenvalue weighted by Gasteiger charge is -2.21. The Morgan fingerprint density at radius 3 is 2.04 bits per heavy atom. The molecule has 122 valence electrons. The van der Waals surface area contributed by atoms with Gasteiger partial charge in [-0.25, -0.2) is 0 Å². The molecule has 0 aliphatic rings. The molecule has 1 N–H and O–H groups in total. The van der Waals surface area contributed by atoms with E-state index in [9.17, 15) is 5.11 Å². The second-order valence-corrected chi connectivity index (χ2v) is 5.84. The Morgan fingerprint density at radius 1 is 0.750 bits per heavy atom. The van der Waals surface area contributed by atoms with Crippen molar-refractivity contribution in [1.29, 1.82) is 0 Å². The molecule has 3 aromatic rings. The normalized spacial score (nSPS) is 11.8. The number of rotatable bonds is 5. The van der Waals surface area contributed by atoms with Gasteiger partial charge in [-0.15, -0.1) is 0 Å². The molecule has 0 spiro atoms. The van der Waals surface area contributed by atoms with Crippen LogP contribution in [0.15, 0.2) is 72.8 Å². The number of ether oxygens (including phenoxy) is 2. The quantitative estimate of drug-likeness (QED) is 0.579. The summed E-state index contributed by atoms with van der Waals surface area (Å²) in [5, 5.41) is 10.0. The van der Waals surface area contributed by atoms with Gasteiger partial charge >= 0.3 is 0 Å². The van der Waals surface area contributed by atoms with E-state index in [2.05, 4.69) is 0 Å². The topological polar surface area (TPSA) is 38.7 Å². The molecule has 3 rings (SSSR count). The van der Waals surface area contributed by atoms with Gasteiger partial charge in [-0.05, 0) is 12.1 Å². The van der Waals surface area contributed by atoms with Crippen molar-refractivity contribution in [1.82, 2.24) is 0 Å². The smallest absolute Gasteiger partial charge is 0.267 e. The molecule has 0 aliphatic carbocycles. The Morgan fingerprint density at radius 2 is 1.38 bits per heavy atom. The van der Waals surface area contributed by atoms with E-state index >= 15 is 0 Å². The van der Waals surface area contributed by atoms with Crippen LogP contribution in [0.1, 0.15) is 11.9 Å². The van der Waals surface area contributed by atoms with Crippen molar-refractivity contribution < 1.29 is 14.6 Å². The molecule has 3 aromatic carbocycles. The molecule has 1 atom stereocenters. The van der Waals surface area contributed by atoms with Crippen molar-refractivity contribution in [3.63, 3.8) is 0 Å². The minimum atomic E-state index is -0.716. The highest BCUT2D eigenvalue weighted by Gasteiger charge is 2.18. The van der Waals surface area contributed by atoms with Gasteiger partial charge in [0, 0.05) is 17.7 Å². The van der Waals surface area contributed by atoms with Crippen molar-refractivity contribution in [2.75, 3.05) is 0 Å². The minimum Gasteiger partial charge on any atom is -0.506 e. The number of phenolic OH excluding ortho intramolecular Hbond substituents is 1. The zero-order chi connectivity index (χ0) is 16.9. The first-order valence-corrected chi connectivity index (χ1v) is 8.00. The van der Waals surface area contributed by atoms with E-state index in [0.717, 1.165) is 5.56 Å². The molecule has 0 fully saturated rings. The molecule has 0 amide bonds. The maximum absolute atomic E-state index is 9.61. The lowest BCUT2D eigenvalue weighted by Crippen LogP contribution is -2.15. The fourth-order valence-corrected chi connectivity index (χ4v) is 2.47.